The Bertz CT molecular complexity index is 198. The molecule has 2 heteroatoms. The van der Waals surface area contributed by atoms with E-state index in [2.05, 4.69) is 17.1 Å². The molecule has 80 valence electrons. The normalized spacial score (nSPS) is 47.8. The molecule has 2 saturated heterocycles. The lowest BCUT2D eigenvalue weighted by molar-refractivity contribution is 0.213. The fraction of sp³-hybridized carbons (Fsp3) is 1.00. The van der Waals surface area contributed by atoms with Gasteiger partial charge in [-0.15, -0.1) is 0 Å². The number of hydrogen-bond acceptors (Lipinski definition) is 2. The summed E-state index contributed by atoms with van der Waals surface area (Å²) in [6.07, 6.45) is 4.36. The Morgan fingerprint density at radius 3 is 2.64 bits per heavy atom. The third-order valence-electron chi connectivity index (χ3n) is 4.33. The Hall–Kier alpha value is -0.0800. The van der Waals surface area contributed by atoms with Crippen molar-refractivity contribution in [2.24, 2.45) is 17.8 Å². The van der Waals surface area contributed by atoms with E-state index in [1.165, 1.54) is 45.4 Å². The van der Waals surface area contributed by atoms with Gasteiger partial charge in [0.05, 0.1) is 0 Å². The van der Waals surface area contributed by atoms with Gasteiger partial charge in [-0.2, -0.15) is 0 Å². The summed E-state index contributed by atoms with van der Waals surface area (Å²) in [5.41, 5.74) is 0. The van der Waals surface area contributed by atoms with Crippen LogP contribution in [0.4, 0.5) is 0 Å². The molecule has 2 nitrogen and oxygen atoms in total. The van der Waals surface area contributed by atoms with Crippen LogP contribution >= 0.6 is 0 Å². The van der Waals surface area contributed by atoms with Gasteiger partial charge in [-0.05, 0) is 50.5 Å². The van der Waals surface area contributed by atoms with Crippen LogP contribution in [0.1, 0.15) is 26.2 Å². The molecule has 2 aliphatic heterocycles. The van der Waals surface area contributed by atoms with Crippen LogP contribution in [-0.4, -0.2) is 37.1 Å². The maximum atomic E-state index is 3.60. The number of rotatable bonds is 2. The Labute approximate surface area is 87.0 Å². The molecule has 0 aromatic carbocycles. The maximum Gasteiger partial charge on any atom is 0.00389 e. The van der Waals surface area contributed by atoms with Crippen molar-refractivity contribution in [2.45, 2.75) is 32.2 Å². The molecule has 1 saturated carbocycles. The van der Waals surface area contributed by atoms with Gasteiger partial charge < -0.3 is 10.2 Å². The first kappa shape index (κ1) is 9.17. The molecule has 4 unspecified atom stereocenters. The van der Waals surface area contributed by atoms with E-state index in [1.54, 1.807) is 0 Å². The van der Waals surface area contributed by atoms with E-state index in [-0.39, 0.29) is 0 Å². The summed E-state index contributed by atoms with van der Waals surface area (Å²) < 4.78 is 0. The van der Waals surface area contributed by atoms with Crippen molar-refractivity contribution in [1.29, 1.82) is 0 Å². The summed E-state index contributed by atoms with van der Waals surface area (Å²) in [6.45, 7) is 7.76. The zero-order valence-electron chi connectivity index (χ0n) is 9.21. The van der Waals surface area contributed by atoms with Crippen molar-refractivity contribution < 1.29 is 0 Å². The molecule has 0 spiro atoms. The number of hydrogen-bond donors (Lipinski definition) is 1. The molecule has 1 N–H and O–H groups in total. The van der Waals surface area contributed by atoms with Gasteiger partial charge in [0.25, 0.3) is 0 Å². The van der Waals surface area contributed by atoms with Crippen LogP contribution in [-0.2, 0) is 0 Å². The molecule has 0 aromatic rings. The monoisotopic (exact) mass is 194 g/mol. The summed E-state index contributed by atoms with van der Waals surface area (Å²) in [4.78, 5) is 2.71. The number of nitrogens with one attached hydrogen (secondary N) is 1. The van der Waals surface area contributed by atoms with E-state index in [0.717, 1.165) is 23.8 Å². The molecule has 0 bridgehead atoms. The van der Waals surface area contributed by atoms with E-state index < -0.39 is 0 Å². The van der Waals surface area contributed by atoms with Crippen molar-refractivity contribution in [3.8, 4) is 0 Å². The first-order valence-corrected chi connectivity index (χ1v) is 6.27. The van der Waals surface area contributed by atoms with E-state index in [0.29, 0.717) is 0 Å². The highest BCUT2D eigenvalue weighted by Gasteiger charge is 2.45. The van der Waals surface area contributed by atoms with Crippen molar-refractivity contribution in [2.75, 3.05) is 26.2 Å². The van der Waals surface area contributed by atoms with Gasteiger partial charge in [0.15, 0.2) is 0 Å². The predicted octanol–water partition coefficient (Wildman–Crippen LogP) is 1.33. The average Bonchev–Trinajstić information content (AvgIpc) is 2.79. The molecular formula is C12H22N2. The zero-order chi connectivity index (χ0) is 9.54. The van der Waals surface area contributed by atoms with Gasteiger partial charge in [-0.1, -0.05) is 0 Å². The highest BCUT2D eigenvalue weighted by Crippen LogP contribution is 2.45. The highest BCUT2D eigenvalue weighted by molar-refractivity contribution is 4.97. The minimum atomic E-state index is 0.762. The molecule has 4 atom stereocenters. The van der Waals surface area contributed by atoms with Crippen LogP contribution in [0.5, 0.6) is 0 Å². The van der Waals surface area contributed by atoms with E-state index in [9.17, 15) is 0 Å². The SMILES string of the molecule is CC1CCC(CN2CC3CC3C2)CN1. The number of fused-ring (bicyclic) bond motifs is 1. The molecule has 1 aliphatic carbocycles. The summed E-state index contributed by atoms with van der Waals surface area (Å²) in [5, 5.41) is 3.60. The third-order valence-corrected chi connectivity index (χ3v) is 4.33. The van der Waals surface area contributed by atoms with Crippen molar-refractivity contribution in [1.82, 2.24) is 10.2 Å². The van der Waals surface area contributed by atoms with Gasteiger partial charge >= 0.3 is 0 Å². The molecule has 3 aliphatic rings. The topological polar surface area (TPSA) is 15.3 Å². The molecule has 3 fully saturated rings. The summed E-state index contributed by atoms with van der Waals surface area (Å²) >= 11 is 0. The smallest absolute Gasteiger partial charge is 0.00389 e. The van der Waals surface area contributed by atoms with Crippen LogP contribution in [0.15, 0.2) is 0 Å². The molecule has 2 heterocycles. The molecule has 3 rings (SSSR count). The quantitative estimate of drug-likeness (QED) is 0.713. The van der Waals surface area contributed by atoms with Crippen LogP contribution in [0.25, 0.3) is 0 Å². The largest absolute Gasteiger partial charge is 0.314 e. The van der Waals surface area contributed by atoms with Crippen molar-refractivity contribution in [3.63, 3.8) is 0 Å². The van der Waals surface area contributed by atoms with Crippen LogP contribution in [0.2, 0.25) is 0 Å². The summed E-state index contributed by atoms with van der Waals surface area (Å²) in [6, 6.07) is 0.762. The fourth-order valence-electron chi connectivity index (χ4n) is 3.22. The molecule has 0 amide bonds. The fourth-order valence-corrected chi connectivity index (χ4v) is 3.22. The minimum absolute atomic E-state index is 0.762. The number of piperidine rings is 2. The Balaban J connectivity index is 1.44. The lowest BCUT2D eigenvalue weighted by Crippen LogP contribution is -2.41. The Kier molecular flexibility index (Phi) is 2.29. The Morgan fingerprint density at radius 1 is 1.21 bits per heavy atom. The van der Waals surface area contributed by atoms with Gasteiger partial charge in [-0.3, -0.25) is 0 Å². The maximum absolute atomic E-state index is 3.60. The van der Waals surface area contributed by atoms with Gasteiger partial charge in [0, 0.05) is 25.7 Å². The van der Waals surface area contributed by atoms with Crippen LogP contribution < -0.4 is 5.32 Å². The lowest BCUT2D eigenvalue weighted by Gasteiger charge is -2.31. The van der Waals surface area contributed by atoms with Gasteiger partial charge in [0.1, 0.15) is 0 Å². The number of likely N-dealkylation sites (tertiary alicyclic amines) is 1. The zero-order valence-corrected chi connectivity index (χ0v) is 9.21. The summed E-state index contributed by atoms with van der Waals surface area (Å²) in [5.74, 6) is 3.14. The van der Waals surface area contributed by atoms with Crippen LogP contribution in [0.3, 0.4) is 0 Å². The van der Waals surface area contributed by atoms with Crippen molar-refractivity contribution in [3.05, 3.63) is 0 Å². The first-order chi connectivity index (χ1) is 6.81. The van der Waals surface area contributed by atoms with Gasteiger partial charge in [-0.25, -0.2) is 0 Å². The predicted molar refractivity (Wildman–Crippen MR) is 58.2 cm³/mol. The summed E-state index contributed by atoms with van der Waals surface area (Å²) in [7, 11) is 0. The highest BCUT2D eigenvalue weighted by atomic mass is 15.2. The minimum Gasteiger partial charge on any atom is -0.314 e. The molecule has 0 radical (unpaired) electrons. The Morgan fingerprint density at radius 2 is 2.00 bits per heavy atom. The standard InChI is InChI=1S/C12H22N2/c1-9-2-3-10(5-13-9)6-14-7-11-4-12(11)8-14/h9-13H,2-8H2,1H3. The van der Waals surface area contributed by atoms with Crippen molar-refractivity contribution >= 4 is 0 Å². The first-order valence-electron chi connectivity index (χ1n) is 6.27. The number of nitrogens with zero attached hydrogens (tertiary/aromatic N) is 1. The molecular weight excluding hydrogens is 172 g/mol. The third kappa shape index (κ3) is 1.82. The van der Waals surface area contributed by atoms with E-state index in [4.69, 9.17) is 0 Å². The second-order valence-corrected chi connectivity index (χ2v) is 5.73. The van der Waals surface area contributed by atoms with E-state index >= 15 is 0 Å². The second kappa shape index (κ2) is 3.49. The molecule has 0 aromatic heterocycles. The molecule has 14 heavy (non-hydrogen) atoms. The van der Waals surface area contributed by atoms with Gasteiger partial charge in [0.2, 0.25) is 0 Å². The lowest BCUT2D eigenvalue weighted by atomic mass is 9.95. The average molecular weight is 194 g/mol. The van der Waals surface area contributed by atoms with Crippen LogP contribution in [0, 0.1) is 17.8 Å². The second-order valence-electron chi connectivity index (χ2n) is 5.73. The van der Waals surface area contributed by atoms with E-state index in [1.807, 2.05) is 0 Å².